The quantitative estimate of drug-likeness (QED) is 0.705. The average Bonchev–Trinajstić information content (AvgIpc) is 2.24. The topological polar surface area (TPSA) is 52.5 Å². The molecular formula is C13H19NO2. The highest BCUT2D eigenvalue weighted by Crippen LogP contribution is 2.29. The molecule has 0 saturated carbocycles. The monoisotopic (exact) mass is 221 g/mol. The van der Waals surface area contributed by atoms with Crippen LogP contribution in [-0.2, 0) is 6.42 Å². The SMILES string of the molecule is CC1(O)CCNCC1Cc1ccccc1O. The Hall–Kier alpha value is -1.06. The van der Waals surface area contributed by atoms with Crippen LogP contribution in [0.3, 0.4) is 0 Å². The highest BCUT2D eigenvalue weighted by Gasteiger charge is 2.34. The number of hydrogen-bond donors (Lipinski definition) is 3. The van der Waals surface area contributed by atoms with Crippen molar-refractivity contribution in [2.45, 2.75) is 25.4 Å². The number of rotatable bonds is 2. The molecule has 1 aromatic rings. The van der Waals surface area contributed by atoms with Crippen LogP contribution in [0.25, 0.3) is 0 Å². The first kappa shape index (κ1) is 11.4. The summed E-state index contributed by atoms with van der Waals surface area (Å²) in [6.45, 7) is 3.56. The minimum Gasteiger partial charge on any atom is -0.508 e. The minimum absolute atomic E-state index is 0.162. The lowest BCUT2D eigenvalue weighted by atomic mass is 9.79. The summed E-state index contributed by atoms with van der Waals surface area (Å²) in [5, 5.41) is 23.3. The van der Waals surface area contributed by atoms with E-state index in [9.17, 15) is 10.2 Å². The minimum atomic E-state index is -0.631. The Kier molecular flexibility index (Phi) is 3.17. The van der Waals surface area contributed by atoms with Gasteiger partial charge in [-0.2, -0.15) is 0 Å². The first-order chi connectivity index (χ1) is 7.59. The molecule has 0 aromatic heterocycles. The molecular weight excluding hydrogens is 202 g/mol. The van der Waals surface area contributed by atoms with Gasteiger partial charge in [-0.05, 0) is 37.9 Å². The van der Waals surface area contributed by atoms with Gasteiger partial charge in [0.15, 0.2) is 0 Å². The van der Waals surface area contributed by atoms with Gasteiger partial charge in [-0.15, -0.1) is 0 Å². The fraction of sp³-hybridized carbons (Fsp3) is 0.538. The molecule has 2 rings (SSSR count). The Labute approximate surface area is 96.1 Å². The van der Waals surface area contributed by atoms with Crippen LogP contribution in [0.2, 0.25) is 0 Å². The molecule has 88 valence electrons. The highest BCUT2D eigenvalue weighted by molar-refractivity contribution is 5.32. The van der Waals surface area contributed by atoms with Crippen molar-refractivity contribution in [3.05, 3.63) is 29.8 Å². The van der Waals surface area contributed by atoms with Gasteiger partial charge < -0.3 is 15.5 Å². The number of phenols is 1. The molecule has 3 nitrogen and oxygen atoms in total. The van der Waals surface area contributed by atoms with E-state index >= 15 is 0 Å². The van der Waals surface area contributed by atoms with Crippen LogP contribution in [0, 0.1) is 5.92 Å². The van der Waals surface area contributed by atoms with Crippen molar-refractivity contribution < 1.29 is 10.2 Å². The Bertz CT molecular complexity index is 363. The summed E-state index contributed by atoms with van der Waals surface area (Å²) in [5.41, 5.74) is 0.282. The van der Waals surface area contributed by atoms with Gasteiger partial charge in [0.25, 0.3) is 0 Å². The van der Waals surface area contributed by atoms with Crippen LogP contribution >= 0.6 is 0 Å². The zero-order chi connectivity index (χ0) is 11.6. The van der Waals surface area contributed by atoms with Crippen molar-refractivity contribution in [3.63, 3.8) is 0 Å². The maximum Gasteiger partial charge on any atom is 0.118 e. The van der Waals surface area contributed by atoms with Crippen LogP contribution in [-0.4, -0.2) is 28.9 Å². The van der Waals surface area contributed by atoms with Gasteiger partial charge in [-0.3, -0.25) is 0 Å². The summed E-state index contributed by atoms with van der Waals surface area (Å²) in [4.78, 5) is 0. The molecule has 3 N–H and O–H groups in total. The molecule has 1 aromatic carbocycles. The fourth-order valence-electron chi connectivity index (χ4n) is 2.28. The van der Waals surface area contributed by atoms with E-state index in [0.717, 1.165) is 25.1 Å². The normalized spacial score (nSPS) is 30.2. The molecule has 1 fully saturated rings. The van der Waals surface area contributed by atoms with Crippen molar-refractivity contribution in [1.29, 1.82) is 0 Å². The maximum absolute atomic E-state index is 10.3. The van der Waals surface area contributed by atoms with Gasteiger partial charge in [0.1, 0.15) is 5.75 Å². The number of para-hydroxylation sites is 1. The van der Waals surface area contributed by atoms with E-state index in [0.29, 0.717) is 12.2 Å². The molecule has 1 aliphatic heterocycles. The predicted molar refractivity (Wildman–Crippen MR) is 63.4 cm³/mol. The maximum atomic E-state index is 10.3. The molecule has 0 bridgehead atoms. The summed E-state index contributed by atoms with van der Waals surface area (Å²) in [6, 6.07) is 7.34. The zero-order valence-electron chi connectivity index (χ0n) is 9.61. The third-order valence-electron chi connectivity index (χ3n) is 3.54. The summed E-state index contributed by atoms with van der Waals surface area (Å²) < 4.78 is 0. The van der Waals surface area contributed by atoms with Crippen LogP contribution < -0.4 is 5.32 Å². The lowest BCUT2D eigenvalue weighted by Crippen LogP contribution is -2.49. The molecule has 2 atom stereocenters. The Morgan fingerprint density at radius 1 is 1.44 bits per heavy atom. The van der Waals surface area contributed by atoms with E-state index < -0.39 is 5.60 Å². The van der Waals surface area contributed by atoms with E-state index in [2.05, 4.69) is 5.32 Å². The molecule has 1 saturated heterocycles. The second-order valence-electron chi connectivity index (χ2n) is 4.84. The van der Waals surface area contributed by atoms with Gasteiger partial charge >= 0.3 is 0 Å². The van der Waals surface area contributed by atoms with Gasteiger partial charge in [-0.1, -0.05) is 18.2 Å². The van der Waals surface area contributed by atoms with Crippen LogP contribution in [0.15, 0.2) is 24.3 Å². The summed E-state index contributed by atoms with van der Waals surface area (Å²) in [6.07, 6.45) is 1.48. The molecule has 0 amide bonds. The van der Waals surface area contributed by atoms with Gasteiger partial charge in [0.05, 0.1) is 5.60 Å². The molecule has 0 spiro atoms. The van der Waals surface area contributed by atoms with E-state index in [-0.39, 0.29) is 5.92 Å². The first-order valence-electron chi connectivity index (χ1n) is 5.79. The Balaban J connectivity index is 2.12. The third-order valence-corrected chi connectivity index (χ3v) is 3.54. The molecule has 0 aliphatic carbocycles. The molecule has 1 heterocycles. The van der Waals surface area contributed by atoms with Gasteiger partial charge in [0.2, 0.25) is 0 Å². The largest absolute Gasteiger partial charge is 0.508 e. The van der Waals surface area contributed by atoms with Gasteiger partial charge in [-0.25, -0.2) is 0 Å². The third kappa shape index (κ3) is 2.36. The molecule has 3 heteroatoms. The van der Waals surface area contributed by atoms with Gasteiger partial charge in [0, 0.05) is 12.5 Å². The number of aliphatic hydroxyl groups is 1. The lowest BCUT2D eigenvalue weighted by molar-refractivity contribution is -0.0235. The molecule has 0 radical (unpaired) electrons. The van der Waals surface area contributed by atoms with E-state index in [1.807, 2.05) is 25.1 Å². The van der Waals surface area contributed by atoms with Crippen molar-refractivity contribution in [1.82, 2.24) is 5.32 Å². The van der Waals surface area contributed by atoms with Crippen molar-refractivity contribution >= 4 is 0 Å². The van der Waals surface area contributed by atoms with E-state index in [4.69, 9.17) is 0 Å². The lowest BCUT2D eigenvalue weighted by Gasteiger charge is -2.37. The number of benzene rings is 1. The molecule has 1 aliphatic rings. The van der Waals surface area contributed by atoms with Crippen molar-refractivity contribution in [2.75, 3.05) is 13.1 Å². The summed E-state index contributed by atoms with van der Waals surface area (Å²) in [7, 11) is 0. The standard InChI is InChI=1S/C13H19NO2/c1-13(16)6-7-14-9-11(13)8-10-4-2-3-5-12(10)15/h2-5,11,14-16H,6-9H2,1H3. The van der Waals surface area contributed by atoms with Crippen LogP contribution in [0.4, 0.5) is 0 Å². The number of hydrogen-bond acceptors (Lipinski definition) is 3. The Morgan fingerprint density at radius 3 is 2.88 bits per heavy atom. The summed E-state index contributed by atoms with van der Waals surface area (Å²) >= 11 is 0. The molecule has 16 heavy (non-hydrogen) atoms. The predicted octanol–water partition coefficient (Wildman–Crippen LogP) is 1.30. The number of phenolic OH excluding ortho intramolecular Hbond substituents is 1. The number of piperidine rings is 1. The van der Waals surface area contributed by atoms with Crippen LogP contribution in [0.1, 0.15) is 18.9 Å². The van der Waals surface area contributed by atoms with Crippen molar-refractivity contribution in [2.24, 2.45) is 5.92 Å². The fourth-order valence-corrected chi connectivity index (χ4v) is 2.28. The van der Waals surface area contributed by atoms with E-state index in [1.54, 1.807) is 6.07 Å². The second-order valence-corrected chi connectivity index (χ2v) is 4.84. The highest BCUT2D eigenvalue weighted by atomic mass is 16.3. The Morgan fingerprint density at radius 2 is 2.19 bits per heavy atom. The zero-order valence-corrected chi connectivity index (χ0v) is 9.61. The molecule has 2 unspecified atom stereocenters. The average molecular weight is 221 g/mol. The smallest absolute Gasteiger partial charge is 0.118 e. The second kappa shape index (κ2) is 4.44. The number of nitrogens with one attached hydrogen (secondary N) is 1. The van der Waals surface area contributed by atoms with Crippen LogP contribution in [0.5, 0.6) is 5.75 Å². The summed E-state index contributed by atoms with van der Waals surface area (Å²) in [5.74, 6) is 0.485. The first-order valence-corrected chi connectivity index (χ1v) is 5.79. The van der Waals surface area contributed by atoms with E-state index in [1.165, 1.54) is 0 Å². The van der Waals surface area contributed by atoms with Crippen molar-refractivity contribution in [3.8, 4) is 5.75 Å². The number of aromatic hydroxyl groups is 1.